The van der Waals surface area contributed by atoms with Crippen LogP contribution in [-0.2, 0) is 15.7 Å². The molecule has 0 radical (unpaired) electrons. The van der Waals surface area contributed by atoms with E-state index in [1.807, 2.05) is 59.0 Å². The number of benzene rings is 1. The third kappa shape index (κ3) is 10.3. The lowest BCUT2D eigenvalue weighted by Crippen LogP contribution is -2.37. The van der Waals surface area contributed by atoms with Gasteiger partial charge in [0.15, 0.2) is 0 Å². The lowest BCUT2D eigenvalue weighted by molar-refractivity contribution is 0.125. The lowest BCUT2D eigenvalue weighted by Gasteiger charge is -2.21. The van der Waals surface area contributed by atoms with Crippen molar-refractivity contribution in [3.05, 3.63) is 29.4 Å². The molecular formula is C26H41N3O4S2. The van der Waals surface area contributed by atoms with Gasteiger partial charge < -0.3 is 15.2 Å². The van der Waals surface area contributed by atoms with Crippen molar-refractivity contribution in [2.45, 2.75) is 109 Å². The molecule has 1 aliphatic rings. The molecule has 3 rings (SSSR count). The molecule has 35 heavy (non-hydrogen) atoms. The predicted molar refractivity (Wildman–Crippen MR) is 144 cm³/mol. The maximum Gasteiger partial charge on any atom is 0.404 e. The Balaban J connectivity index is 0.000000540. The Morgan fingerprint density at radius 3 is 2.31 bits per heavy atom. The van der Waals surface area contributed by atoms with Gasteiger partial charge in [0.05, 0.1) is 27.0 Å². The highest BCUT2D eigenvalue weighted by atomic mass is 32.2. The largest absolute Gasteiger partial charge is 0.491 e. The van der Waals surface area contributed by atoms with E-state index in [1.165, 1.54) is 37.1 Å². The van der Waals surface area contributed by atoms with Crippen molar-refractivity contribution in [1.82, 2.24) is 9.71 Å². The first-order valence-corrected chi connectivity index (χ1v) is 14.2. The highest BCUT2D eigenvalue weighted by Crippen LogP contribution is 2.39. The van der Waals surface area contributed by atoms with Crippen molar-refractivity contribution in [3.8, 4) is 16.2 Å². The van der Waals surface area contributed by atoms with Crippen molar-refractivity contribution < 1.29 is 18.5 Å². The zero-order valence-electron chi connectivity index (χ0n) is 22.1. The summed E-state index contributed by atoms with van der Waals surface area (Å²) in [5, 5.41) is 1.22. The van der Waals surface area contributed by atoms with Crippen LogP contribution in [0.25, 0.3) is 10.4 Å². The average Bonchev–Trinajstić information content (AvgIpc) is 3.22. The van der Waals surface area contributed by atoms with Gasteiger partial charge in [-0.05, 0) is 79.5 Å². The molecule has 0 saturated heterocycles. The number of ether oxygens (including phenoxy) is 2. The molecule has 1 unspecified atom stereocenters. The van der Waals surface area contributed by atoms with E-state index in [4.69, 9.17) is 9.72 Å². The average molecular weight is 524 g/mol. The van der Waals surface area contributed by atoms with E-state index in [0.29, 0.717) is 5.92 Å². The summed E-state index contributed by atoms with van der Waals surface area (Å²) in [6.07, 6.45) is 7.61. The smallest absolute Gasteiger partial charge is 0.404 e. The number of nitrogens with zero attached hydrogens (tertiary/aromatic N) is 1. The number of nitrogens with two attached hydrogens (primary N) is 1. The molecule has 1 amide bonds. The summed E-state index contributed by atoms with van der Waals surface area (Å²) in [5.41, 5.74) is 5.36. The highest BCUT2D eigenvalue weighted by molar-refractivity contribution is 7.83. The minimum Gasteiger partial charge on any atom is -0.491 e. The highest BCUT2D eigenvalue weighted by Gasteiger charge is 2.23. The molecule has 196 valence electrons. The second kappa shape index (κ2) is 13.4. The second-order valence-corrected chi connectivity index (χ2v) is 12.6. The molecule has 1 aromatic carbocycles. The minimum atomic E-state index is -1.34. The Hall–Kier alpha value is -1.97. The Morgan fingerprint density at radius 2 is 1.80 bits per heavy atom. The normalized spacial score (nSPS) is 15.5. The number of rotatable bonds is 7. The summed E-state index contributed by atoms with van der Waals surface area (Å²) in [6, 6.07) is 5.89. The number of nitrogens with one attached hydrogen (secondary N) is 1. The van der Waals surface area contributed by atoms with Crippen molar-refractivity contribution >= 4 is 28.4 Å². The van der Waals surface area contributed by atoms with E-state index < -0.39 is 17.1 Å². The SMILES string of the molecule is CC(C)OC(N)=O.CC(C)Oc1ccc(-c2cnc(C3CCCCC3)s2)c(S(=O)NC(C)(C)C)c1. The summed E-state index contributed by atoms with van der Waals surface area (Å²) < 4.78 is 26.6. The van der Waals surface area contributed by atoms with Gasteiger partial charge in [-0.3, -0.25) is 0 Å². The summed E-state index contributed by atoms with van der Waals surface area (Å²) in [6.45, 7) is 13.5. The number of amides is 1. The first-order chi connectivity index (χ1) is 16.4. The van der Waals surface area contributed by atoms with Crippen LogP contribution in [0.15, 0.2) is 29.3 Å². The molecule has 0 spiro atoms. The molecule has 1 saturated carbocycles. The van der Waals surface area contributed by atoms with Crippen molar-refractivity contribution in [1.29, 1.82) is 0 Å². The van der Waals surface area contributed by atoms with E-state index in [2.05, 4.69) is 15.2 Å². The molecule has 7 nitrogen and oxygen atoms in total. The Morgan fingerprint density at radius 1 is 1.14 bits per heavy atom. The van der Waals surface area contributed by atoms with Crippen LogP contribution >= 0.6 is 11.3 Å². The van der Waals surface area contributed by atoms with Gasteiger partial charge in [0, 0.05) is 23.2 Å². The van der Waals surface area contributed by atoms with Crippen LogP contribution in [0.5, 0.6) is 5.75 Å². The van der Waals surface area contributed by atoms with Gasteiger partial charge >= 0.3 is 6.09 Å². The molecule has 1 aliphatic carbocycles. The number of thiazole rings is 1. The first-order valence-electron chi connectivity index (χ1n) is 12.3. The van der Waals surface area contributed by atoms with Crippen LogP contribution in [-0.4, -0.2) is 33.0 Å². The van der Waals surface area contributed by atoms with Crippen LogP contribution in [0.3, 0.4) is 0 Å². The molecule has 2 aromatic rings. The third-order valence-corrected chi connectivity index (χ3v) is 7.75. The monoisotopic (exact) mass is 523 g/mol. The fourth-order valence-corrected chi connectivity index (χ4v) is 6.18. The molecule has 0 aliphatic heterocycles. The van der Waals surface area contributed by atoms with E-state index in [-0.39, 0.29) is 17.7 Å². The summed E-state index contributed by atoms with van der Waals surface area (Å²) >= 11 is 1.75. The van der Waals surface area contributed by atoms with Gasteiger partial charge in [0.25, 0.3) is 0 Å². The molecule has 3 N–H and O–H groups in total. The molecule has 1 fully saturated rings. The molecule has 9 heteroatoms. The van der Waals surface area contributed by atoms with Gasteiger partial charge in [-0.2, -0.15) is 0 Å². The van der Waals surface area contributed by atoms with Crippen LogP contribution in [0, 0.1) is 0 Å². The zero-order valence-corrected chi connectivity index (χ0v) is 23.7. The van der Waals surface area contributed by atoms with E-state index >= 15 is 0 Å². The number of carbonyl (C=O) groups excluding carboxylic acids is 1. The van der Waals surface area contributed by atoms with Crippen molar-refractivity contribution in [2.24, 2.45) is 5.73 Å². The maximum atomic E-state index is 13.1. The van der Waals surface area contributed by atoms with Gasteiger partial charge in [-0.1, -0.05) is 19.3 Å². The van der Waals surface area contributed by atoms with Crippen LogP contribution in [0.1, 0.15) is 91.5 Å². The lowest BCUT2D eigenvalue weighted by atomic mass is 9.90. The standard InChI is InChI=1S/C22H32N2O2S2.C4H9NO2/c1-15(2)26-17-11-12-18(20(13-17)28(25)24-22(3,4)5)19-14-23-21(27-19)16-9-7-6-8-10-16;1-3(2)7-4(5)6/h11-16,24H,6-10H2,1-5H3;3H,1-2H3,(H2,5,6). The maximum absolute atomic E-state index is 13.1. The van der Waals surface area contributed by atoms with E-state index in [1.54, 1.807) is 25.2 Å². The Bertz CT molecular complexity index is 977. The van der Waals surface area contributed by atoms with E-state index in [0.717, 1.165) is 21.1 Å². The van der Waals surface area contributed by atoms with Crippen molar-refractivity contribution in [2.75, 3.05) is 0 Å². The van der Waals surface area contributed by atoms with Crippen LogP contribution < -0.4 is 15.2 Å². The number of primary amides is 1. The fourth-order valence-electron chi connectivity index (χ4n) is 3.72. The Labute approximate surface area is 216 Å². The van der Waals surface area contributed by atoms with Crippen LogP contribution in [0.4, 0.5) is 4.79 Å². The molecule has 1 atom stereocenters. The molecule has 1 aromatic heterocycles. The minimum absolute atomic E-state index is 0.0732. The second-order valence-electron chi connectivity index (χ2n) is 10.3. The first kappa shape index (κ1) is 29.3. The number of hydrogen-bond acceptors (Lipinski definition) is 6. The van der Waals surface area contributed by atoms with Gasteiger partial charge in [-0.25, -0.2) is 18.7 Å². The zero-order chi connectivity index (χ0) is 26.2. The predicted octanol–water partition coefficient (Wildman–Crippen LogP) is 6.55. The third-order valence-electron chi connectivity index (χ3n) is 5.02. The quantitative estimate of drug-likeness (QED) is 0.428. The summed E-state index contributed by atoms with van der Waals surface area (Å²) in [7, 11) is -1.34. The van der Waals surface area contributed by atoms with Crippen molar-refractivity contribution in [3.63, 3.8) is 0 Å². The molecule has 1 heterocycles. The Kier molecular flexibility index (Phi) is 11.2. The molecular weight excluding hydrogens is 482 g/mol. The van der Waals surface area contributed by atoms with Gasteiger partial charge in [0.1, 0.15) is 16.7 Å². The topological polar surface area (TPSA) is 104 Å². The van der Waals surface area contributed by atoms with Gasteiger partial charge in [-0.15, -0.1) is 11.3 Å². The fraction of sp³-hybridized carbons (Fsp3) is 0.615. The summed E-state index contributed by atoms with van der Waals surface area (Å²) in [4.78, 5) is 16.4. The number of hydrogen-bond donors (Lipinski definition) is 2. The number of carbonyl (C=O) groups is 1. The van der Waals surface area contributed by atoms with Crippen LogP contribution in [0.2, 0.25) is 0 Å². The summed E-state index contributed by atoms with van der Waals surface area (Å²) in [5.74, 6) is 1.33. The molecule has 0 bridgehead atoms. The van der Waals surface area contributed by atoms with E-state index in [9.17, 15) is 9.00 Å². The van der Waals surface area contributed by atoms with Gasteiger partial charge in [0.2, 0.25) is 0 Å². The number of aromatic nitrogens is 1.